The lowest BCUT2D eigenvalue weighted by Crippen LogP contribution is -2.41. The molecule has 146 valence electrons. The van der Waals surface area contributed by atoms with Crippen LogP contribution in [0.25, 0.3) is 10.9 Å². The molecule has 2 aromatic rings. The van der Waals surface area contributed by atoms with Gasteiger partial charge in [0.05, 0.1) is 10.4 Å². The van der Waals surface area contributed by atoms with Crippen molar-refractivity contribution in [2.75, 3.05) is 24.5 Å². The number of benzene rings is 1. The number of hydrogen-bond acceptors (Lipinski definition) is 4. The maximum Gasteiger partial charge on any atom is 0.243 e. The molecular weight excluding hydrogens is 358 g/mol. The fraction of sp³-hybridized carbons (Fsp3) is 0.571. The van der Waals surface area contributed by atoms with Gasteiger partial charge >= 0.3 is 0 Å². The molecule has 3 heterocycles. The van der Waals surface area contributed by atoms with E-state index in [-0.39, 0.29) is 6.04 Å². The van der Waals surface area contributed by atoms with E-state index >= 15 is 0 Å². The van der Waals surface area contributed by atoms with Crippen LogP contribution in [-0.2, 0) is 10.0 Å². The van der Waals surface area contributed by atoms with Gasteiger partial charge in [-0.25, -0.2) is 13.4 Å². The largest absolute Gasteiger partial charge is 0.357 e. The molecule has 2 fully saturated rings. The molecule has 4 rings (SSSR count). The van der Waals surface area contributed by atoms with Crippen molar-refractivity contribution >= 4 is 26.7 Å². The molecule has 2 aliphatic heterocycles. The summed E-state index contributed by atoms with van der Waals surface area (Å²) >= 11 is 0. The number of piperidine rings is 2. The summed E-state index contributed by atoms with van der Waals surface area (Å²) in [5.74, 6) is 1.78. The minimum absolute atomic E-state index is 0.0708. The van der Waals surface area contributed by atoms with Crippen LogP contribution in [0.15, 0.2) is 35.2 Å². The number of rotatable bonds is 3. The van der Waals surface area contributed by atoms with Crippen molar-refractivity contribution in [3.8, 4) is 0 Å². The van der Waals surface area contributed by atoms with Gasteiger partial charge in [-0.3, -0.25) is 0 Å². The number of sulfonamides is 1. The van der Waals surface area contributed by atoms with E-state index in [0.29, 0.717) is 11.4 Å². The van der Waals surface area contributed by atoms with Crippen LogP contribution in [0.2, 0.25) is 0 Å². The first kappa shape index (κ1) is 18.7. The van der Waals surface area contributed by atoms with Gasteiger partial charge in [0, 0.05) is 31.1 Å². The van der Waals surface area contributed by atoms with Crippen molar-refractivity contribution < 1.29 is 8.42 Å². The smallest absolute Gasteiger partial charge is 0.243 e. The molecule has 0 aliphatic carbocycles. The highest BCUT2D eigenvalue weighted by Crippen LogP contribution is 2.28. The minimum atomic E-state index is -3.44. The summed E-state index contributed by atoms with van der Waals surface area (Å²) in [4.78, 5) is 7.50. The highest BCUT2D eigenvalue weighted by Gasteiger charge is 2.31. The van der Waals surface area contributed by atoms with Crippen molar-refractivity contribution in [3.63, 3.8) is 0 Å². The molecule has 0 unspecified atom stereocenters. The lowest BCUT2D eigenvalue weighted by molar-refractivity contribution is 0.268. The Bertz CT molecular complexity index is 920. The molecule has 2 aliphatic rings. The maximum atomic E-state index is 13.1. The number of aromatic nitrogens is 1. The summed E-state index contributed by atoms with van der Waals surface area (Å²) < 4.78 is 27.8. The molecule has 27 heavy (non-hydrogen) atoms. The van der Waals surface area contributed by atoms with Crippen molar-refractivity contribution in [3.05, 3.63) is 30.3 Å². The molecule has 2 saturated heterocycles. The Morgan fingerprint density at radius 1 is 0.963 bits per heavy atom. The van der Waals surface area contributed by atoms with Gasteiger partial charge in [-0.2, -0.15) is 4.31 Å². The Labute approximate surface area is 162 Å². The van der Waals surface area contributed by atoms with Crippen LogP contribution in [0.5, 0.6) is 0 Å². The Hall–Kier alpha value is -1.66. The van der Waals surface area contributed by atoms with Gasteiger partial charge in [0.1, 0.15) is 5.82 Å². The molecule has 1 atom stereocenters. The van der Waals surface area contributed by atoms with E-state index in [1.54, 1.807) is 16.4 Å². The molecule has 1 aromatic heterocycles. The lowest BCUT2D eigenvalue weighted by Gasteiger charge is -2.32. The summed E-state index contributed by atoms with van der Waals surface area (Å²) in [5, 5.41) is 0.884. The van der Waals surface area contributed by atoms with Crippen LogP contribution in [0.4, 0.5) is 5.82 Å². The molecule has 5 nitrogen and oxygen atoms in total. The normalized spacial score (nSPS) is 23.0. The van der Waals surface area contributed by atoms with Gasteiger partial charge in [-0.05, 0) is 68.9 Å². The zero-order chi connectivity index (χ0) is 19.0. The SMILES string of the molecule is CC1CCN(c2ccc3cc(S(=O)(=O)N4CCCC[C@@H]4C)ccc3n2)CC1. The van der Waals surface area contributed by atoms with E-state index in [2.05, 4.69) is 11.8 Å². The molecule has 0 saturated carbocycles. The fourth-order valence-corrected chi connectivity index (χ4v) is 5.97. The average molecular weight is 388 g/mol. The van der Waals surface area contributed by atoms with E-state index < -0.39 is 10.0 Å². The van der Waals surface area contributed by atoms with Crippen LogP contribution in [0.1, 0.15) is 46.0 Å². The molecule has 6 heteroatoms. The predicted molar refractivity (Wildman–Crippen MR) is 110 cm³/mol. The van der Waals surface area contributed by atoms with Crippen LogP contribution < -0.4 is 4.90 Å². The summed E-state index contributed by atoms with van der Waals surface area (Å²) in [5.41, 5.74) is 0.858. The van der Waals surface area contributed by atoms with Gasteiger partial charge in [0.2, 0.25) is 10.0 Å². The molecule has 0 amide bonds. The Morgan fingerprint density at radius 3 is 2.48 bits per heavy atom. The molecule has 0 N–H and O–H groups in total. The monoisotopic (exact) mass is 387 g/mol. The fourth-order valence-electron chi connectivity index (χ4n) is 4.23. The second-order valence-electron chi connectivity index (χ2n) is 8.15. The summed E-state index contributed by atoms with van der Waals surface area (Å²) in [6.45, 7) is 7.01. The lowest BCUT2D eigenvalue weighted by atomic mass is 9.99. The molecule has 1 aromatic carbocycles. The Kier molecular flexibility index (Phi) is 5.12. The highest BCUT2D eigenvalue weighted by molar-refractivity contribution is 7.89. The first-order valence-corrected chi connectivity index (χ1v) is 11.6. The number of nitrogens with zero attached hydrogens (tertiary/aromatic N) is 3. The van der Waals surface area contributed by atoms with Gasteiger partial charge in [0.15, 0.2) is 0 Å². The van der Waals surface area contributed by atoms with Crippen molar-refractivity contribution in [2.24, 2.45) is 5.92 Å². The van der Waals surface area contributed by atoms with Crippen LogP contribution in [-0.4, -0.2) is 43.4 Å². The number of fused-ring (bicyclic) bond motifs is 1. The number of anilines is 1. The number of pyridine rings is 1. The second kappa shape index (κ2) is 7.40. The van der Waals surface area contributed by atoms with Crippen LogP contribution in [0, 0.1) is 5.92 Å². The minimum Gasteiger partial charge on any atom is -0.357 e. The van der Waals surface area contributed by atoms with Crippen molar-refractivity contribution in [1.82, 2.24) is 9.29 Å². The van der Waals surface area contributed by atoms with Crippen LogP contribution in [0.3, 0.4) is 0 Å². The first-order chi connectivity index (χ1) is 12.9. The van der Waals surface area contributed by atoms with Crippen molar-refractivity contribution in [2.45, 2.75) is 56.9 Å². The average Bonchev–Trinajstić information content (AvgIpc) is 2.68. The third-order valence-corrected chi connectivity index (χ3v) is 8.11. The maximum absolute atomic E-state index is 13.1. The third-order valence-electron chi connectivity index (χ3n) is 6.10. The summed E-state index contributed by atoms with van der Waals surface area (Å²) in [6, 6.07) is 9.45. The van der Waals surface area contributed by atoms with Crippen molar-refractivity contribution in [1.29, 1.82) is 0 Å². The zero-order valence-corrected chi connectivity index (χ0v) is 17.1. The van der Waals surface area contributed by atoms with E-state index in [1.165, 1.54) is 12.8 Å². The molecule has 0 spiro atoms. The molecular formula is C21H29N3O2S. The quantitative estimate of drug-likeness (QED) is 0.798. The topological polar surface area (TPSA) is 53.5 Å². The van der Waals surface area contributed by atoms with E-state index in [4.69, 9.17) is 4.98 Å². The second-order valence-corrected chi connectivity index (χ2v) is 10.0. The third kappa shape index (κ3) is 3.69. The Morgan fingerprint density at radius 2 is 1.74 bits per heavy atom. The van der Waals surface area contributed by atoms with Gasteiger partial charge in [0.25, 0.3) is 0 Å². The summed E-state index contributed by atoms with van der Waals surface area (Å²) in [6.07, 6.45) is 5.38. The summed E-state index contributed by atoms with van der Waals surface area (Å²) in [7, 11) is -3.44. The van der Waals surface area contributed by atoms with Gasteiger partial charge in [-0.1, -0.05) is 13.3 Å². The molecule has 0 radical (unpaired) electrons. The van der Waals surface area contributed by atoms with E-state index in [0.717, 1.165) is 55.0 Å². The van der Waals surface area contributed by atoms with Crippen LogP contribution >= 0.6 is 0 Å². The zero-order valence-electron chi connectivity index (χ0n) is 16.3. The van der Waals surface area contributed by atoms with E-state index in [1.807, 2.05) is 25.1 Å². The van der Waals surface area contributed by atoms with Gasteiger partial charge in [-0.15, -0.1) is 0 Å². The van der Waals surface area contributed by atoms with E-state index in [9.17, 15) is 8.42 Å². The van der Waals surface area contributed by atoms with Gasteiger partial charge < -0.3 is 4.90 Å². The highest BCUT2D eigenvalue weighted by atomic mass is 32.2. The number of hydrogen-bond donors (Lipinski definition) is 0. The predicted octanol–water partition coefficient (Wildman–Crippen LogP) is 4.03. The standard InChI is InChI=1S/C21H29N3O2S/c1-16-10-13-23(14-11-16)21-9-6-18-15-19(7-8-20(18)22-21)27(25,26)24-12-4-3-5-17(24)2/h6-9,15-17H,3-5,10-14H2,1-2H3/t17-/m0/s1. The first-order valence-electron chi connectivity index (χ1n) is 10.1. The molecule has 0 bridgehead atoms. The Balaban J connectivity index is 1.62.